The number of carbonyl (C=O) groups is 1. The Hall–Kier alpha value is -2.38. The molecule has 4 rings (SSSR count). The van der Waals surface area contributed by atoms with Crippen LogP contribution < -0.4 is 10.1 Å². The molecule has 0 radical (unpaired) electrons. The Morgan fingerprint density at radius 2 is 1.69 bits per heavy atom. The number of ether oxygens (including phenoxy) is 1. The normalized spacial score (nSPS) is 18.9. The molecule has 49 heavy (non-hydrogen) atoms. The van der Waals surface area contributed by atoms with E-state index in [9.17, 15) is 4.79 Å². The Kier molecular flexibility index (Phi) is 13.1. The Labute approximate surface area is 302 Å². The SMILES string of the molecule is COc1ccccc1CCc1csc(C(=O)c2cncnc2N[C@@H]2C[C@H](CO[Si](C)(C)C(C)(C)C)[C@@H](O[Si](C(C)C)(C(C)C)C(C)C)C2)c1. The van der Waals surface area contributed by atoms with E-state index in [2.05, 4.69) is 102 Å². The van der Waals surface area contributed by atoms with Crippen LogP contribution in [0.5, 0.6) is 5.75 Å². The maximum Gasteiger partial charge on any atom is 0.208 e. The molecule has 0 bridgehead atoms. The minimum Gasteiger partial charge on any atom is -0.496 e. The number of aromatic nitrogens is 2. The van der Waals surface area contributed by atoms with Crippen molar-refractivity contribution in [2.45, 2.75) is 135 Å². The third-order valence-corrected chi connectivity index (χ3v) is 22.8. The minimum atomic E-state index is -2.13. The minimum absolute atomic E-state index is 0.0499. The fraction of sp³-hybridized carbons (Fsp3) is 0.615. The molecule has 1 aliphatic carbocycles. The van der Waals surface area contributed by atoms with Crippen LogP contribution in [0.3, 0.4) is 0 Å². The molecular weight excluding hydrogens is 663 g/mol. The van der Waals surface area contributed by atoms with Crippen LogP contribution in [0, 0.1) is 5.92 Å². The molecule has 0 amide bonds. The summed E-state index contributed by atoms with van der Waals surface area (Å²) in [6.07, 6.45) is 6.71. The molecule has 1 aromatic carbocycles. The van der Waals surface area contributed by atoms with Crippen LogP contribution in [-0.2, 0) is 21.7 Å². The highest BCUT2D eigenvalue weighted by atomic mass is 32.1. The van der Waals surface area contributed by atoms with Crippen molar-refractivity contribution < 1.29 is 18.4 Å². The molecule has 0 aliphatic heterocycles. The molecule has 1 N–H and O–H groups in total. The standard InChI is InChI=1S/C39H61N3O4SSi2/c1-26(2)49(27(3)4,28(5)6)46-35-21-32(20-31(35)23-45-48(11,12)39(7,8)9)42-38-33(22-40-25-41-38)37(43)36-19-29(24-47-36)17-18-30-15-13-14-16-34(30)44-10/h13-16,19,22,24-28,31-32,35H,17-18,20-21,23H2,1-12H3,(H,40,41,42)/t31-,32-,35+/m1/s1. The first-order chi connectivity index (χ1) is 23.0. The molecule has 2 aromatic heterocycles. The summed E-state index contributed by atoms with van der Waals surface area (Å²) in [6.45, 7) is 26.4. The number of hydrogen-bond acceptors (Lipinski definition) is 8. The first-order valence-electron chi connectivity index (χ1n) is 18.1. The monoisotopic (exact) mass is 723 g/mol. The average Bonchev–Trinajstić information content (AvgIpc) is 3.67. The van der Waals surface area contributed by atoms with Crippen LogP contribution in [0.2, 0.25) is 34.8 Å². The number of rotatable bonds is 16. The highest BCUT2D eigenvalue weighted by Gasteiger charge is 2.50. The molecule has 2 heterocycles. The predicted octanol–water partition coefficient (Wildman–Crippen LogP) is 10.3. The van der Waals surface area contributed by atoms with Crippen LogP contribution in [-0.4, -0.2) is 58.2 Å². The van der Waals surface area contributed by atoms with Gasteiger partial charge in [-0.3, -0.25) is 4.79 Å². The van der Waals surface area contributed by atoms with E-state index in [1.165, 1.54) is 17.7 Å². The van der Waals surface area contributed by atoms with Gasteiger partial charge in [-0.25, -0.2) is 9.97 Å². The number of hydrogen-bond donors (Lipinski definition) is 1. The second-order valence-corrected chi connectivity index (χ2v) is 27.5. The van der Waals surface area contributed by atoms with Crippen LogP contribution >= 0.6 is 11.3 Å². The van der Waals surface area contributed by atoms with Crippen molar-refractivity contribution in [3.05, 3.63) is 69.8 Å². The number of ketones is 1. The second kappa shape index (κ2) is 16.3. The maximum absolute atomic E-state index is 13.9. The summed E-state index contributed by atoms with van der Waals surface area (Å²) in [4.78, 5) is 23.5. The van der Waals surface area contributed by atoms with Gasteiger partial charge in [0.1, 0.15) is 17.9 Å². The third kappa shape index (κ3) is 9.11. The summed E-state index contributed by atoms with van der Waals surface area (Å²) >= 11 is 1.48. The van der Waals surface area contributed by atoms with Gasteiger partial charge in [0.05, 0.1) is 23.7 Å². The van der Waals surface area contributed by atoms with Crippen LogP contribution in [0.15, 0.2) is 48.2 Å². The number of para-hydroxylation sites is 1. The zero-order valence-corrected chi connectivity index (χ0v) is 34.9. The third-order valence-electron chi connectivity index (χ3n) is 11.2. The van der Waals surface area contributed by atoms with Crippen LogP contribution in [0.4, 0.5) is 5.82 Å². The lowest BCUT2D eigenvalue weighted by molar-refractivity contribution is 0.0971. The van der Waals surface area contributed by atoms with Crippen molar-refractivity contribution in [2.75, 3.05) is 19.0 Å². The molecule has 270 valence electrons. The van der Waals surface area contributed by atoms with Gasteiger partial charge in [0, 0.05) is 24.8 Å². The molecular formula is C39H61N3O4SSi2. The largest absolute Gasteiger partial charge is 0.496 e. The molecule has 7 nitrogen and oxygen atoms in total. The number of aryl methyl sites for hydroxylation is 2. The number of benzene rings is 1. The second-order valence-electron chi connectivity index (χ2n) is 16.4. The number of carbonyl (C=O) groups excluding carboxylic acids is 1. The smallest absolute Gasteiger partial charge is 0.208 e. The number of nitrogens with zero attached hydrogens (tertiary/aromatic N) is 2. The van der Waals surface area contributed by atoms with Gasteiger partial charge in [0.2, 0.25) is 14.1 Å². The van der Waals surface area contributed by atoms with Crippen LogP contribution in [0.1, 0.15) is 102 Å². The lowest BCUT2D eigenvalue weighted by Gasteiger charge is -2.45. The summed E-state index contributed by atoms with van der Waals surface area (Å²) in [5.74, 6) is 1.70. The summed E-state index contributed by atoms with van der Waals surface area (Å²) in [6, 6.07) is 10.2. The molecule has 0 unspecified atom stereocenters. The van der Waals surface area contributed by atoms with Crippen molar-refractivity contribution >= 4 is 39.6 Å². The van der Waals surface area contributed by atoms with E-state index in [0.29, 0.717) is 39.5 Å². The molecule has 1 aliphatic rings. The Balaban J connectivity index is 1.54. The van der Waals surface area contributed by atoms with E-state index < -0.39 is 16.6 Å². The van der Waals surface area contributed by atoms with Gasteiger partial charge in [-0.15, -0.1) is 11.3 Å². The van der Waals surface area contributed by atoms with Crippen molar-refractivity contribution in [3.8, 4) is 5.75 Å². The molecule has 0 saturated heterocycles. The van der Waals surface area contributed by atoms with Gasteiger partial charge in [-0.1, -0.05) is 80.5 Å². The predicted molar refractivity (Wildman–Crippen MR) is 209 cm³/mol. The van der Waals surface area contributed by atoms with Crippen LogP contribution in [0.25, 0.3) is 0 Å². The topological polar surface area (TPSA) is 82.6 Å². The zero-order valence-electron chi connectivity index (χ0n) is 32.1. The quantitative estimate of drug-likeness (QED) is 0.116. The first-order valence-corrected chi connectivity index (χ1v) is 24.0. The number of methoxy groups -OCH3 is 1. The fourth-order valence-corrected chi connectivity index (χ4v) is 15.1. The van der Waals surface area contributed by atoms with E-state index in [1.807, 2.05) is 24.3 Å². The van der Waals surface area contributed by atoms with Gasteiger partial charge >= 0.3 is 0 Å². The van der Waals surface area contributed by atoms with Gasteiger partial charge in [-0.2, -0.15) is 0 Å². The van der Waals surface area contributed by atoms with Gasteiger partial charge in [0.15, 0.2) is 8.32 Å². The van der Waals surface area contributed by atoms with E-state index in [-0.39, 0.29) is 28.9 Å². The van der Waals surface area contributed by atoms with Gasteiger partial charge in [0.25, 0.3) is 0 Å². The summed E-state index contributed by atoms with van der Waals surface area (Å²) in [7, 11) is -2.37. The first kappa shape index (κ1) is 39.4. The Morgan fingerprint density at radius 1 is 1.02 bits per heavy atom. The lowest BCUT2D eigenvalue weighted by atomic mass is 10.0. The van der Waals surface area contributed by atoms with Crippen molar-refractivity contribution in [3.63, 3.8) is 0 Å². The summed E-state index contributed by atoms with van der Waals surface area (Å²) in [5.41, 5.74) is 4.30. The van der Waals surface area contributed by atoms with E-state index in [4.69, 9.17) is 13.6 Å². The van der Waals surface area contributed by atoms with Crippen molar-refractivity contribution in [1.29, 1.82) is 0 Å². The maximum atomic E-state index is 13.9. The van der Waals surface area contributed by atoms with E-state index in [0.717, 1.165) is 42.6 Å². The number of nitrogens with one attached hydrogen (secondary N) is 1. The number of thiophene rings is 1. The highest BCUT2D eigenvalue weighted by Crippen LogP contribution is 2.47. The van der Waals surface area contributed by atoms with Crippen molar-refractivity contribution in [1.82, 2.24) is 9.97 Å². The molecule has 3 atom stereocenters. The fourth-order valence-electron chi connectivity index (χ4n) is 7.48. The van der Waals surface area contributed by atoms with Gasteiger partial charge in [-0.05, 0) is 89.1 Å². The molecule has 3 aromatic rings. The lowest BCUT2D eigenvalue weighted by Crippen LogP contribution is -2.51. The Bertz CT molecular complexity index is 1510. The molecule has 0 spiro atoms. The van der Waals surface area contributed by atoms with E-state index in [1.54, 1.807) is 13.3 Å². The molecule has 1 fully saturated rings. The van der Waals surface area contributed by atoms with Crippen molar-refractivity contribution in [2.24, 2.45) is 5.92 Å². The summed E-state index contributed by atoms with van der Waals surface area (Å²) < 4.78 is 19.8. The number of anilines is 1. The van der Waals surface area contributed by atoms with E-state index >= 15 is 0 Å². The highest BCUT2D eigenvalue weighted by molar-refractivity contribution is 7.12. The Morgan fingerprint density at radius 3 is 2.33 bits per heavy atom. The zero-order chi connectivity index (χ0) is 36.1. The molecule has 10 heteroatoms. The van der Waals surface area contributed by atoms with Gasteiger partial charge < -0.3 is 18.9 Å². The average molecular weight is 724 g/mol. The summed E-state index contributed by atoms with van der Waals surface area (Å²) in [5, 5.41) is 5.92. The molecule has 1 saturated carbocycles.